The lowest BCUT2D eigenvalue weighted by atomic mass is 9.77. The molecule has 8 nitrogen and oxygen atoms in total. The number of ether oxygens (including phenoxy) is 1. The molecule has 2 amide bonds. The van der Waals surface area contributed by atoms with Crippen molar-refractivity contribution in [2.45, 2.75) is 82.5 Å². The molecule has 2 aromatic carbocycles. The van der Waals surface area contributed by atoms with E-state index in [4.69, 9.17) is 4.74 Å². The predicted molar refractivity (Wildman–Crippen MR) is 175 cm³/mol. The van der Waals surface area contributed by atoms with Crippen LogP contribution in [0, 0.1) is 5.92 Å². The second-order valence-electron chi connectivity index (χ2n) is 12.3. The van der Waals surface area contributed by atoms with Gasteiger partial charge in [0.15, 0.2) is 0 Å². The first-order chi connectivity index (χ1) is 20.1. The Labute approximate surface area is 261 Å². The highest BCUT2D eigenvalue weighted by Gasteiger charge is 2.43. The van der Waals surface area contributed by atoms with Gasteiger partial charge in [-0.15, -0.1) is 11.8 Å². The van der Waals surface area contributed by atoms with Crippen LogP contribution in [0.4, 0.5) is 0 Å². The largest absolute Gasteiger partial charge is 0.497 e. The van der Waals surface area contributed by atoms with Gasteiger partial charge in [-0.05, 0) is 57.0 Å². The predicted octanol–water partition coefficient (Wildman–Crippen LogP) is 5.27. The van der Waals surface area contributed by atoms with E-state index in [1.54, 1.807) is 43.9 Å². The average molecular weight is 612 g/mol. The number of rotatable bonds is 15. The molecule has 0 saturated carbocycles. The minimum atomic E-state index is -1.04. The van der Waals surface area contributed by atoms with Crippen LogP contribution >= 0.6 is 11.8 Å². The number of benzene rings is 2. The molecule has 236 valence electrons. The van der Waals surface area contributed by atoms with Crippen molar-refractivity contribution in [2.24, 2.45) is 5.92 Å². The van der Waals surface area contributed by atoms with Crippen LogP contribution in [-0.4, -0.2) is 71.9 Å². The van der Waals surface area contributed by atoms with Crippen molar-refractivity contribution < 1.29 is 24.2 Å². The van der Waals surface area contributed by atoms with E-state index in [9.17, 15) is 19.5 Å². The summed E-state index contributed by atoms with van der Waals surface area (Å²) in [5.41, 5.74) is 1.63. The summed E-state index contributed by atoms with van der Waals surface area (Å²) >= 11 is 1.57. The van der Waals surface area contributed by atoms with Gasteiger partial charge in [0.25, 0.3) is 0 Å². The van der Waals surface area contributed by atoms with Crippen LogP contribution < -0.4 is 15.4 Å². The first-order valence-corrected chi connectivity index (χ1v) is 15.5. The van der Waals surface area contributed by atoms with E-state index in [1.165, 1.54) is 6.92 Å². The molecule has 0 saturated heterocycles. The Morgan fingerprint density at radius 2 is 1.58 bits per heavy atom. The van der Waals surface area contributed by atoms with Crippen LogP contribution in [-0.2, 0) is 25.6 Å². The van der Waals surface area contributed by atoms with Crippen molar-refractivity contribution >= 4 is 29.5 Å². The molecule has 0 aliphatic carbocycles. The van der Waals surface area contributed by atoms with Gasteiger partial charge in [0.05, 0.1) is 19.2 Å². The highest BCUT2D eigenvalue weighted by molar-refractivity contribution is 7.99. The smallest absolute Gasteiger partial charge is 0.331 e. The number of carbonyl (C=O) groups excluding carboxylic acids is 2. The van der Waals surface area contributed by atoms with E-state index in [-0.39, 0.29) is 23.3 Å². The molecule has 0 unspecified atom stereocenters. The Kier molecular flexibility index (Phi) is 12.9. The number of nitrogens with zero attached hydrogens (tertiary/aromatic N) is 1. The second-order valence-corrected chi connectivity index (χ2v) is 14.0. The van der Waals surface area contributed by atoms with Gasteiger partial charge in [-0.2, -0.15) is 0 Å². The fourth-order valence-corrected chi connectivity index (χ4v) is 6.17. The topological polar surface area (TPSA) is 108 Å². The maximum absolute atomic E-state index is 14.3. The standard InChI is InChI=1S/C34H49N3O5S/c1-22(2)27(20-23(3)32(40)41)37(9)31(39)29(34(6,7)43-21-24-16-18-26(42-10)19-17-24)36-30(38)28(35-8)33(4,5)25-14-12-11-13-15-25/h11-20,22,27-29,35H,21H2,1-10H3,(H,36,38)(H,40,41)/b23-20+/t27-,28-,29-/m1/s1. The number of thioether (sulfide) groups is 1. The first kappa shape index (κ1) is 35.9. The molecule has 0 aromatic heterocycles. The van der Waals surface area contributed by atoms with Crippen molar-refractivity contribution in [1.82, 2.24) is 15.5 Å². The summed E-state index contributed by atoms with van der Waals surface area (Å²) in [6.45, 7) is 13.3. The number of likely N-dealkylation sites (N-methyl/N-ethyl adjacent to an activating group) is 2. The summed E-state index contributed by atoms with van der Waals surface area (Å²) in [6.07, 6.45) is 1.61. The zero-order chi connectivity index (χ0) is 32.5. The number of methoxy groups -OCH3 is 1. The second kappa shape index (κ2) is 15.4. The van der Waals surface area contributed by atoms with Crippen LogP contribution in [0.5, 0.6) is 5.75 Å². The van der Waals surface area contributed by atoms with Crippen molar-refractivity contribution in [3.8, 4) is 5.75 Å². The molecule has 43 heavy (non-hydrogen) atoms. The van der Waals surface area contributed by atoms with E-state index in [1.807, 2.05) is 96.1 Å². The van der Waals surface area contributed by atoms with Crippen LogP contribution in [0.2, 0.25) is 0 Å². The molecule has 0 aliphatic rings. The summed E-state index contributed by atoms with van der Waals surface area (Å²) < 4.78 is 4.55. The third-order valence-electron chi connectivity index (χ3n) is 8.02. The number of hydrogen-bond donors (Lipinski definition) is 3. The molecule has 0 spiro atoms. The van der Waals surface area contributed by atoms with Crippen molar-refractivity contribution in [1.29, 1.82) is 0 Å². The van der Waals surface area contributed by atoms with E-state index in [2.05, 4.69) is 10.6 Å². The summed E-state index contributed by atoms with van der Waals surface area (Å²) in [5, 5.41) is 15.8. The normalized spacial score (nSPS) is 14.5. The number of amides is 2. The van der Waals surface area contributed by atoms with Crippen molar-refractivity contribution in [3.63, 3.8) is 0 Å². The minimum Gasteiger partial charge on any atom is -0.497 e. The number of nitrogens with one attached hydrogen (secondary N) is 2. The van der Waals surface area contributed by atoms with Crippen molar-refractivity contribution in [2.75, 3.05) is 21.2 Å². The third kappa shape index (κ3) is 9.34. The molecule has 0 fully saturated rings. The highest BCUT2D eigenvalue weighted by Crippen LogP contribution is 2.34. The average Bonchev–Trinajstić information content (AvgIpc) is 2.97. The van der Waals surface area contributed by atoms with Gasteiger partial charge in [0, 0.05) is 28.5 Å². The van der Waals surface area contributed by atoms with Crippen LogP contribution in [0.15, 0.2) is 66.2 Å². The molecule has 0 bridgehead atoms. The maximum atomic E-state index is 14.3. The molecule has 3 N–H and O–H groups in total. The van der Waals surface area contributed by atoms with Gasteiger partial charge in [0.2, 0.25) is 11.8 Å². The molecule has 0 radical (unpaired) electrons. The molecule has 0 heterocycles. The molecule has 2 aromatic rings. The monoisotopic (exact) mass is 611 g/mol. The molecule has 2 rings (SSSR count). The van der Waals surface area contributed by atoms with E-state index < -0.39 is 34.3 Å². The van der Waals surface area contributed by atoms with Crippen LogP contribution in [0.3, 0.4) is 0 Å². The lowest BCUT2D eigenvalue weighted by molar-refractivity contribution is -0.138. The van der Waals surface area contributed by atoms with Crippen molar-refractivity contribution in [3.05, 3.63) is 77.4 Å². The Morgan fingerprint density at radius 1 is 1.00 bits per heavy atom. The third-order valence-corrected chi connectivity index (χ3v) is 9.48. The van der Waals surface area contributed by atoms with Crippen LogP contribution in [0.1, 0.15) is 59.6 Å². The molecule has 0 aliphatic heterocycles. The maximum Gasteiger partial charge on any atom is 0.331 e. The Bertz CT molecular complexity index is 1260. The number of aliphatic carboxylic acids is 1. The molecule has 3 atom stereocenters. The Hall–Kier alpha value is -3.30. The zero-order valence-corrected chi connectivity index (χ0v) is 28.0. The summed E-state index contributed by atoms with van der Waals surface area (Å²) in [7, 11) is 5.04. The Morgan fingerprint density at radius 3 is 2.07 bits per heavy atom. The summed E-state index contributed by atoms with van der Waals surface area (Å²) in [4.78, 5) is 41.6. The van der Waals surface area contributed by atoms with Gasteiger partial charge >= 0.3 is 5.97 Å². The van der Waals surface area contributed by atoms with E-state index in [0.717, 1.165) is 16.9 Å². The fraction of sp³-hybridized carbons (Fsp3) is 0.500. The van der Waals surface area contributed by atoms with Gasteiger partial charge in [-0.1, -0.05) is 76.2 Å². The number of hydrogen-bond acceptors (Lipinski definition) is 6. The zero-order valence-electron chi connectivity index (χ0n) is 27.2. The lowest BCUT2D eigenvalue weighted by Crippen LogP contribution is -2.63. The minimum absolute atomic E-state index is 0.0586. The van der Waals surface area contributed by atoms with E-state index >= 15 is 0 Å². The molecular weight excluding hydrogens is 562 g/mol. The molecule has 9 heteroatoms. The Balaban J connectivity index is 2.48. The number of carboxylic acid groups (broad SMARTS) is 1. The highest BCUT2D eigenvalue weighted by atomic mass is 32.2. The summed E-state index contributed by atoms with van der Waals surface area (Å²) in [5.74, 6) is -0.306. The van der Waals surface area contributed by atoms with Gasteiger partial charge in [0.1, 0.15) is 11.8 Å². The van der Waals surface area contributed by atoms with E-state index in [0.29, 0.717) is 5.75 Å². The van der Waals surface area contributed by atoms with Crippen LogP contribution in [0.25, 0.3) is 0 Å². The number of carboxylic acids is 1. The first-order valence-electron chi connectivity index (χ1n) is 14.5. The van der Waals surface area contributed by atoms with Gasteiger partial charge < -0.3 is 25.4 Å². The van der Waals surface area contributed by atoms with Gasteiger partial charge in [-0.25, -0.2) is 4.79 Å². The number of carbonyl (C=O) groups is 3. The van der Waals surface area contributed by atoms with Gasteiger partial charge in [-0.3, -0.25) is 9.59 Å². The lowest BCUT2D eigenvalue weighted by Gasteiger charge is -2.41. The SMILES string of the molecule is CN[C@H](C(=O)N[C@H](C(=O)N(C)[C@H](/C=C(\C)C(=O)O)C(C)C)C(C)(C)SCc1ccc(OC)cc1)C(C)(C)c1ccccc1. The fourth-order valence-electron chi connectivity index (χ4n) is 5.12. The summed E-state index contributed by atoms with van der Waals surface area (Å²) in [6, 6.07) is 15.6. The molecular formula is C34H49N3O5S. The quantitative estimate of drug-likeness (QED) is 0.236.